The van der Waals surface area contributed by atoms with Gasteiger partial charge in [-0.1, -0.05) is 5.16 Å². The molecule has 1 aromatic heterocycles. The second kappa shape index (κ2) is 4.52. The molecule has 0 amide bonds. The number of aromatic nitrogens is 1. The second-order valence-corrected chi connectivity index (χ2v) is 3.39. The Hall–Kier alpha value is -2.31. The molecular formula is C11H10F2N2O3. The number of methoxy groups -OCH3 is 2. The maximum atomic E-state index is 13.6. The Morgan fingerprint density at radius 1 is 1.17 bits per heavy atom. The lowest BCUT2D eigenvalue weighted by atomic mass is 10.1. The van der Waals surface area contributed by atoms with Crippen LogP contribution in [0, 0.1) is 11.6 Å². The number of anilines is 1. The SMILES string of the molecule is COc1c(F)cc(F)c(OC)c1-c1cnoc1N. The molecule has 1 heterocycles. The predicted molar refractivity (Wildman–Crippen MR) is 59.4 cm³/mol. The van der Waals surface area contributed by atoms with Gasteiger partial charge in [0.15, 0.2) is 23.1 Å². The first-order valence-electron chi connectivity index (χ1n) is 4.90. The number of benzene rings is 1. The van der Waals surface area contributed by atoms with E-state index in [1.54, 1.807) is 0 Å². The summed E-state index contributed by atoms with van der Waals surface area (Å²) < 4.78 is 41.8. The molecule has 0 fully saturated rings. The van der Waals surface area contributed by atoms with Crippen molar-refractivity contribution in [2.45, 2.75) is 0 Å². The second-order valence-electron chi connectivity index (χ2n) is 3.39. The molecule has 2 aromatic rings. The van der Waals surface area contributed by atoms with Gasteiger partial charge in [0.2, 0.25) is 5.88 Å². The first-order valence-corrected chi connectivity index (χ1v) is 4.90. The summed E-state index contributed by atoms with van der Waals surface area (Å²) in [5.41, 5.74) is 5.76. The Labute approximate surface area is 101 Å². The quantitative estimate of drug-likeness (QED) is 0.911. The van der Waals surface area contributed by atoms with Gasteiger partial charge in [0, 0.05) is 6.07 Å². The zero-order valence-electron chi connectivity index (χ0n) is 9.66. The van der Waals surface area contributed by atoms with Gasteiger partial charge in [0.05, 0.1) is 31.5 Å². The Morgan fingerprint density at radius 3 is 2.11 bits per heavy atom. The highest BCUT2D eigenvalue weighted by atomic mass is 19.1. The minimum Gasteiger partial charge on any atom is -0.493 e. The van der Waals surface area contributed by atoms with Gasteiger partial charge in [-0.3, -0.25) is 0 Å². The van der Waals surface area contributed by atoms with Crippen LogP contribution in [-0.2, 0) is 0 Å². The number of ether oxygens (including phenoxy) is 2. The lowest BCUT2D eigenvalue weighted by Gasteiger charge is -2.13. The molecule has 0 spiro atoms. The van der Waals surface area contributed by atoms with Gasteiger partial charge in [-0.15, -0.1) is 0 Å². The first kappa shape index (κ1) is 12.2. The van der Waals surface area contributed by atoms with E-state index in [4.69, 9.17) is 15.2 Å². The largest absolute Gasteiger partial charge is 0.493 e. The average Bonchev–Trinajstić information content (AvgIpc) is 2.74. The van der Waals surface area contributed by atoms with Crippen LogP contribution in [0.4, 0.5) is 14.7 Å². The number of hydrogen-bond donors (Lipinski definition) is 1. The molecule has 2 rings (SSSR count). The maximum absolute atomic E-state index is 13.6. The molecule has 18 heavy (non-hydrogen) atoms. The fraction of sp³-hybridized carbons (Fsp3) is 0.182. The number of nitrogens with two attached hydrogens (primary N) is 1. The van der Waals surface area contributed by atoms with Crippen LogP contribution < -0.4 is 15.2 Å². The lowest BCUT2D eigenvalue weighted by molar-refractivity contribution is 0.361. The van der Waals surface area contributed by atoms with Gasteiger partial charge in [0.25, 0.3) is 0 Å². The van der Waals surface area contributed by atoms with Crippen LogP contribution in [-0.4, -0.2) is 19.4 Å². The average molecular weight is 256 g/mol. The van der Waals surface area contributed by atoms with Crippen molar-refractivity contribution in [1.29, 1.82) is 0 Å². The molecule has 1 aromatic carbocycles. The van der Waals surface area contributed by atoms with E-state index in [1.807, 2.05) is 0 Å². The van der Waals surface area contributed by atoms with Gasteiger partial charge < -0.3 is 19.7 Å². The van der Waals surface area contributed by atoms with E-state index in [0.29, 0.717) is 6.07 Å². The van der Waals surface area contributed by atoms with E-state index in [-0.39, 0.29) is 28.5 Å². The van der Waals surface area contributed by atoms with Gasteiger partial charge in [-0.25, -0.2) is 8.78 Å². The molecule has 0 atom stereocenters. The summed E-state index contributed by atoms with van der Waals surface area (Å²) >= 11 is 0. The van der Waals surface area contributed by atoms with Crippen LogP contribution in [0.2, 0.25) is 0 Å². The van der Waals surface area contributed by atoms with E-state index >= 15 is 0 Å². The summed E-state index contributed by atoms with van der Waals surface area (Å²) in [7, 11) is 2.51. The van der Waals surface area contributed by atoms with Crippen molar-refractivity contribution in [1.82, 2.24) is 5.16 Å². The molecule has 0 saturated heterocycles. The van der Waals surface area contributed by atoms with Crippen LogP contribution in [0.15, 0.2) is 16.8 Å². The van der Waals surface area contributed by atoms with Crippen molar-refractivity contribution in [3.63, 3.8) is 0 Å². The molecule has 5 nitrogen and oxygen atoms in total. The molecule has 0 radical (unpaired) electrons. The summed E-state index contributed by atoms with van der Waals surface area (Å²) in [6.45, 7) is 0. The normalized spacial score (nSPS) is 10.4. The van der Waals surface area contributed by atoms with Crippen molar-refractivity contribution >= 4 is 5.88 Å². The third kappa shape index (κ3) is 1.73. The van der Waals surface area contributed by atoms with Gasteiger partial charge in [-0.05, 0) is 0 Å². The molecule has 0 aliphatic carbocycles. The van der Waals surface area contributed by atoms with Crippen LogP contribution in [0.3, 0.4) is 0 Å². The third-order valence-corrected chi connectivity index (χ3v) is 2.42. The highest BCUT2D eigenvalue weighted by Crippen LogP contribution is 2.43. The first-order chi connectivity index (χ1) is 8.60. The fourth-order valence-electron chi connectivity index (χ4n) is 1.66. The van der Waals surface area contributed by atoms with Gasteiger partial charge in [0.1, 0.15) is 0 Å². The zero-order valence-corrected chi connectivity index (χ0v) is 9.66. The minimum absolute atomic E-state index is 0.0243. The Bertz CT molecular complexity index is 556. The van der Waals surface area contributed by atoms with Crippen LogP contribution in [0.5, 0.6) is 11.5 Å². The summed E-state index contributed by atoms with van der Waals surface area (Å²) in [5.74, 6) is -2.21. The van der Waals surface area contributed by atoms with E-state index < -0.39 is 11.6 Å². The predicted octanol–water partition coefficient (Wildman–Crippen LogP) is 2.22. The van der Waals surface area contributed by atoms with Gasteiger partial charge >= 0.3 is 0 Å². The fourth-order valence-corrected chi connectivity index (χ4v) is 1.66. The highest BCUT2D eigenvalue weighted by Gasteiger charge is 2.24. The Kier molecular flexibility index (Phi) is 3.05. The van der Waals surface area contributed by atoms with Crippen LogP contribution in [0.25, 0.3) is 11.1 Å². The van der Waals surface area contributed by atoms with Crippen LogP contribution >= 0.6 is 0 Å². The molecule has 2 N–H and O–H groups in total. The molecule has 0 aliphatic heterocycles. The van der Waals surface area contributed by atoms with Crippen molar-refractivity contribution in [3.05, 3.63) is 23.9 Å². The molecule has 0 saturated carbocycles. The monoisotopic (exact) mass is 256 g/mol. The number of halogens is 2. The van der Waals surface area contributed by atoms with Gasteiger partial charge in [-0.2, -0.15) is 0 Å². The lowest BCUT2D eigenvalue weighted by Crippen LogP contribution is -2.00. The zero-order chi connectivity index (χ0) is 13.3. The van der Waals surface area contributed by atoms with Crippen molar-refractivity contribution in [2.75, 3.05) is 20.0 Å². The number of rotatable bonds is 3. The van der Waals surface area contributed by atoms with Crippen molar-refractivity contribution in [2.24, 2.45) is 0 Å². The van der Waals surface area contributed by atoms with E-state index in [0.717, 1.165) is 0 Å². The maximum Gasteiger partial charge on any atom is 0.230 e. The minimum atomic E-state index is -0.869. The molecular weight excluding hydrogens is 246 g/mol. The molecule has 0 bridgehead atoms. The summed E-state index contributed by atoms with van der Waals surface area (Å²) in [5, 5.41) is 3.45. The highest BCUT2D eigenvalue weighted by molar-refractivity contribution is 5.82. The third-order valence-electron chi connectivity index (χ3n) is 2.42. The van der Waals surface area contributed by atoms with Crippen LogP contribution in [0.1, 0.15) is 0 Å². The summed E-state index contributed by atoms with van der Waals surface area (Å²) in [6, 6.07) is 0.671. The summed E-state index contributed by atoms with van der Waals surface area (Å²) in [4.78, 5) is 0. The van der Waals surface area contributed by atoms with Crippen molar-refractivity contribution in [3.8, 4) is 22.6 Å². The number of nitrogen functional groups attached to an aromatic ring is 1. The van der Waals surface area contributed by atoms with E-state index in [9.17, 15) is 8.78 Å². The number of hydrogen-bond acceptors (Lipinski definition) is 5. The van der Waals surface area contributed by atoms with Crippen molar-refractivity contribution < 1.29 is 22.8 Å². The molecule has 7 heteroatoms. The molecule has 0 unspecified atom stereocenters. The van der Waals surface area contributed by atoms with E-state index in [1.165, 1.54) is 20.4 Å². The topological polar surface area (TPSA) is 70.5 Å². The smallest absolute Gasteiger partial charge is 0.230 e. The standard InChI is InChI=1S/C11H10F2N2O3/c1-16-9-6(12)3-7(13)10(17-2)8(9)5-4-15-18-11(5)14/h3-4H,14H2,1-2H3. The molecule has 0 aliphatic rings. The van der Waals surface area contributed by atoms with E-state index in [2.05, 4.69) is 9.68 Å². The Morgan fingerprint density at radius 2 is 1.72 bits per heavy atom. The Balaban J connectivity index is 2.81. The summed E-state index contributed by atoms with van der Waals surface area (Å²) in [6.07, 6.45) is 1.23. The molecule has 96 valence electrons. The number of nitrogens with zero attached hydrogens (tertiary/aromatic N) is 1.